The van der Waals surface area contributed by atoms with Crippen LogP contribution in [0.25, 0.3) is 0 Å². The standard InChI is InChI=1S/C28H22N4O6S.C28H26N4O2S.C12H8N2O4S.C12H12N2S.C8H6ClNO3.C6H4FNO2.2C2H6O.3CH4.2Na.H2S/c1-17-15-21(31(35)36)7-13-25(17)27(33)29-19-3-9-23(10-4-19)39-24-11-5-20(6-12-24)30-28(34)26-14-8-22(32(37)38)16-18(26)2;1-17-15-19(29)3-13-25(17)27(33)31-21-5-9-23(10-6-21)35-24-11-7-22(8-12-24)32-28(34)26-14-4-20(30)16-18(26)2;15-13(16)9-1-5-11(6-2-9)19-12-7-3-10(4-8-12)14(17)18;13-9-1-5-11(6-2-9)15-12-7-3-10(14)4-8-12;1-5-4-6(10(12)13)2-3-7(5)8(9)11;7-5-1-3-6(4-2-5)8(9)10;2*1-2-3;;;;;;/h3-16H,1-2H3,(H,29,33)(H,30,34);3-16H,29-30H2,1-2H3,(H,31,33)(H,32,34);1-8H;1-8H,13-14H2;2-4H,1H3;1-4H;2*3H,2H2,1H3;3*1H4;;;1H2. The molecule has 0 radical (unpaired) electrons. The Bertz CT molecular complexity index is 6270. The first-order valence-corrected chi connectivity index (χ1v) is 53.2. The van der Waals surface area contributed by atoms with Gasteiger partial charge in [-0.05, 0) is 324 Å². The Morgan fingerprint density at radius 2 is 0.455 bits per heavy atom. The molecule has 0 atom stereocenters. The average Bonchev–Trinajstić information content (AvgIpc) is 0.818. The number of aryl methyl sites for hydroxylation is 5. The molecule has 14 rings (SSSR count). The zero-order valence-corrected chi connectivity index (χ0v) is 85.6. The number of nitro groups is 6. The number of carbonyl (C=O) groups excluding carboxylic acids is 5. The number of nitrogens with one attached hydrogen (secondary N) is 4. The first-order valence-electron chi connectivity index (χ1n) is 41.6. The Hall–Kier alpha value is -13.9. The van der Waals surface area contributed by atoms with Gasteiger partial charge in [-0.1, -0.05) is 69.3 Å². The first kappa shape index (κ1) is 125. The molecular formula is C101H104ClFN14Na2O19S5. The van der Waals surface area contributed by atoms with Crippen LogP contribution in [0.2, 0.25) is 0 Å². The van der Waals surface area contributed by atoms with E-state index in [1.165, 1.54) is 156 Å². The summed E-state index contributed by atoms with van der Waals surface area (Å²) in [6.45, 7) is 12.5. The summed E-state index contributed by atoms with van der Waals surface area (Å²) in [6, 6.07) is 84.6. The van der Waals surface area contributed by atoms with Crippen LogP contribution in [-0.4, -0.2) is 125 Å². The normalized spacial score (nSPS) is 9.70. The molecule has 0 bridgehead atoms. The van der Waals surface area contributed by atoms with E-state index in [2.05, 4.69) is 21.3 Å². The van der Waals surface area contributed by atoms with Gasteiger partial charge in [0.05, 0.1) is 29.5 Å². The van der Waals surface area contributed by atoms with Crippen molar-refractivity contribution in [3.8, 4) is 0 Å². The van der Waals surface area contributed by atoms with Crippen LogP contribution >= 0.6 is 72.1 Å². The molecular weight excluding hydrogens is 1970 g/mol. The van der Waals surface area contributed by atoms with Crippen LogP contribution in [-0.2, 0) is 0 Å². The monoisotopic (exact) mass is 2080 g/mol. The van der Waals surface area contributed by atoms with Crippen LogP contribution in [0.15, 0.2) is 349 Å². The number of anilines is 8. The third-order valence-electron chi connectivity index (χ3n) is 18.2. The zero-order chi connectivity index (χ0) is 103. The van der Waals surface area contributed by atoms with E-state index in [1.54, 1.807) is 143 Å². The van der Waals surface area contributed by atoms with Gasteiger partial charge in [0.15, 0.2) is 0 Å². The van der Waals surface area contributed by atoms with Gasteiger partial charge in [0, 0.05) is 198 Å². The maximum atomic E-state index is 12.6. The number of hydrogen-bond acceptors (Lipinski definition) is 27. The number of nitro benzene ring substituents is 6. The Balaban J connectivity index is 0.000000601. The van der Waals surface area contributed by atoms with Gasteiger partial charge in [0.1, 0.15) is 5.82 Å². The zero-order valence-electron chi connectivity index (χ0n) is 76.6. The summed E-state index contributed by atoms with van der Waals surface area (Å²) >= 11 is 14.3. The van der Waals surface area contributed by atoms with Crippen LogP contribution in [0.1, 0.15) is 116 Å². The number of aliphatic hydroxyl groups excluding tert-OH is 2. The summed E-state index contributed by atoms with van der Waals surface area (Å²) in [4.78, 5) is 129. The molecule has 14 aromatic rings. The maximum absolute atomic E-state index is 12.6. The third kappa shape index (κ3) is 43.2. The number of halogens is 2. The number of nitrogen functional groups attached to an aromatic ring is 4. The summed E-state index contributed by atoms with van der Waals surface area (Å²) in [7, 11) is 0. The fourth-order valence-electron chi connectivity index (χ4n) is 11.6. The number of non-ortho nitro benzene ring substituents is 6. The average molecular weight is 2080 g/mol. The molecule has 0 aliphatic heterocycles. The number of rotatable bonds is 23. The van der Waals surface area contributed by atoms with E-state index < -0.39 is 40.6 Å². The molecule has 0 fully saturated rings. The van der Waals surface area contributed by atoms with Gasteiger partial charge < -0.3 is 54.4 Å². The summed E-state index contributed by atoms with van der Waals surface area (Å²) < 4.78 is 12.1. The predicted molar refractivity (Wildman–Crippen MR) is 577 cm³/mol. The van der Waals surface area contributed by atoms with Crippen molar-refractivity contribution in [1.29, 1.82) is 0 Å². The quantitative estimate of drug-likeness (QED) is 0.00934. The molecule has 0 unspecified atom stereocenters. The van der Waals surface area contributed by atoms with Gasteiger partial charge in [-0.15, -0.1) is 0 Å². The minimum atomic E-state index is -0.604. The van der Waals surface area contributed by atoms with Crippen molar-refractivity contribution in [3.05, 3.63) is 432 Å². The molecule has 0 heterocycles. The minimum absolute atomic E-state index is 0. The van der Waals surface area contributed by atoms with E-state index in [0.717, 1.165) is 76.1 Å². The number of amides is 4. The van der Waals surface area contributed by atoms with Crippen molar-refractivity contribution in [2.75, 3.05) is 57.4 Å². The molecule has 0 aliphatic carbocycles. The van der Waals surface area contributed by atoms with Gasteiger partial charge in [0.25, 0.3) is 63.0 Å². The van der Waals surface area contributed by atoms with Gasteiger partial charge in [-0.2, -0.15) is 13.5 Å². The molecule has 143 heavy (non-hydrogen) atoms. The van der Waals surface area contributed by atoms with Gasteiger partial charge in [0.2, 0.25) is 0 Å². The van der Waals surface area contributed by atoms with Crippen LogP contribution in [0.5, 0.6) is 0 Å². The van der Waals surface area contributed by atoms with Gasteiger partial charge >= 0.3 is 43.6 Å². The van der Waals surface area contributed by atoms with Crippen molar-refractivity contribution in [3.63, 3.8) is 0 Å². The van der Waals surface area contributed by atoms with Crippen LogP contribution < -0.4 is 44.2 Å². The molecule has 14 N–H and O–H groups in total. The number of nitrogens with zero attached hydrogens (tertiary/aromatic N) is 6. The summed E-state index contributed by atoms with van der Waals surface area (Å²) in [5.74, 6) is -1.52. The van der Waals surface area contributed by atoms with Crippen LogP contribution in [0.4, 0.5) is 84.0 Å². The summed E-state index contributed by atoms with van der Waals surface area (Å²) in [5, 5.41) is 89.1. The second-order valence-corrected chi connectivity index (χ2v) is 33.5. The third-order valence-corrected chi connectivity index (χ3v) is 22.5. The second kappa shape index (κ2) is 64.5. The Morgan fingerprint density at radius 3 is 0.643 bits per heavy atom. The fourth-order valence-corrected chi connectivity index (χ4v) is 15.0. The van der Waals surface area contributed by atoms with E-state index in [1.807, 2.05) is 135 Å². The molecule has 0 saturated heterocycles. The number of carbonyl (C=O) groups is 5. The summed E-state index contributed by atoms with van der Waals surface area (Å²) in [6.07, 6.45) is 0. The second-order valence-electron chi connectivity index (χ2n) is 28.5. The molecule has 33 nitrogen and oxygen atoms in total. The van der Waals surface area contributed by atoms with Crippen molar-refractivity contribution in [2.45, 2.75) is 110 Å². The number of aliphatic hydroxyl groups is 2. The van der Waals surface area contributed by atoms with E-state index >= 15 is 0 Å². The van der Waals surface area contributed by atoms with Gasteiger partial charge in [-0.3, -0.25) is 84.7 Å². The Labute approximate surface area is 883 Å². The fraction of sp³-hybridized carbons (Fsp3) is 0.119. The molecule has 4 amide bonds. The van der Waals surface area contributed by atoms with E-state index in [4.69, 9.17) is 44.7 Å². The molecule has 0 saturated carbocycles. The van der Waals surface area contributed by atoms with Crippen molar-refractivity contribution in [2.24, 2.45) is 0 Å². The molecule has 14 aromatic carbocycles. The Morgan fingerprint density at radius 1 is 0.294 bits per heavy atom. The first-order chi connectivity index (χ1) is 66.2. The van der Waals surface area contributed by atoms with Crippen molar-refractivity contribution < 1.29 is 68.1 Å². The van der Waals surface area contributed by atoms with Crippen molar-refractivity contribution in [1.82, 2.24) is 0 Å². The van der Waals surface area contributed by atoms with E-state index in [-0.39, 0.29) is 107 Å². The van der Waals surface area contributed by atoms with Crippen molar-refractivity contribution >= 4 is 224 Å². The SMILES string of the molecule is C.C.C.CCO.CCO.Cc1cc(N)ccc1C(=O)Nc1ccc(Sc2ccc(NC(=O)c3ccc(N)cc3C)cc2)cc1.Cc1cc([N+](=O)[O-])ccc1C(=O)Cl.Cc1cc([N+](=O)[O-])ccc1C(=O)Nc1ccc(Sc2ccc(NC(=O)c3ccc([N+](=O)[O-])cc3C)cc2)cc1.Nc1ccc(Sc2ccc(N)cc2)cc1.O=[N+]([O-])c1ccc(F)cc1.O=[N+]([O-])c1ccc(Sc2ccc([N+](=O)[O-])cc2)cc1.S.[Na][Na]. The topological polar surface area (TPSA) is 537 Å². The molecule has 0 spiro atoms. The number of nitrogens with two attached hydrogens (primary N) is 4. The molecule has 0 aliphatic rings. The number of hydrogen-bond donors (Lipinski definition) is 10. The predicted octanol–water partition coefficient (Wildman–Crippen LogP) is 24.8. The van der Waals surface area contributed by atoms with E-state index in [9.17, 15) is 89.0 Å². The van der Waals surface area contributed by atoms with Gasteiger partial charge in [-0.25, -0.2) is 4.39 Å². The molecule has 42 heteroatoms. The number of benzene rings is 14. The van der Waals surface area contributed by atoms with Crippen LogP contribution in [0, 0.1) is 101 Å². The van der Waals surface area contributed by atoms with Crippen LogP contribution in [0.3, 0.4) is 0 Å². The molecule has 0 aromatic heterocycles. The summed E-state index contributed by atoms with van der Waals surface area (Å²) in [5.41, 5.74) is 33.4. The Kier molecular flexibility index (Phi) is 56.5. The molecule has 738 valence electrons. The van der Waals surface area contributed by atoms with E-state index in [0.29, 0.717) is 78.6 Å².